The van der Waals surface area contributed by atoms with Crippen LogP contribution in [0.4, 0.5) is 0 Å². The van der Waals surface area contributed by atoms with Crippen molar-refractivity contribution in [2.24, 2.45) is 0 Å². The molecule has 0 unspecified atom stereocenters. The van der Waals surface area contributed by atoms with Gasteiger partial charge in [-0.3, -0.25) is 4.79 Å². The van der Waals surface area contributed by atoms with Gasteiger partial charge in [-0.1, -0.05) is 6.58 Å². The summed E-state index contributed by atoms with van der Waals surface area (Å²) < 4.78 is 9.10. The van der Waals surface area contributed by atoms with Gasteiger partial charge in [0.2, 0.25) is 0 Å². The average Bonchev–Trinajstić information content (AvgIpc) is 2.03. The lowest BCUT2D eigenvalue weighted by Crippen LogP contribution is -2.07. The Balaban J connectivity index is 3.25. The fourth-order valence-electron chi connectivity index (χ4n) is 0.478. The third-order valence-corrected chi connectivity index (χ3v) is 1.06. The first-order chi connectivity index (χ1) is 5.68. The van der Waals surface area contributed by atoms with Crippen LogP contribution in [0.25, 0.3) is 0 Å². The molecule has 0 amide bonds. The van der Waals surface area contributed by atoms with E-state index in [1.165, 1.54) is 0 Å². The van der Waals surface area contributed by atoms with Crippen LogP contribution in [0, 0.1) is 0 Å². The Morgan fingerprint density at radius 3 is 2.67 bits per heavy atom. The molecule has 4 nitrogen and oxygen atoms in total. The van der Waals surface area contributed by atoms with Crippen molar-refractivity contribution < 1.29 is 19.1 Å². The molecule has 0 aromatic carbocycles. The first-order valence-electron chi connectivity index (χ1n) is 3.56. The largest absolute Gasteiger partial charge is 0.468 e. The molecule has 0 fully saturated rings. The van der Waals surface area contributed by atoms with Crippen LogP contribution in [-0.4, -0.2) is 25.7 Å². The Morgan fingerprint density at radius 2 is 2.17 bits per heavy atom. The van der Waals surface area contributed by atoms with Gasteiger partial charge in [-0.05, 0) is 6.92 Å². The smallest absolute Gasteiger partial charge is 0.333 e. The number of hydrogen-bond donors (Lipinski definition) is 0. The maximum atomic E-state index is 10.7. The summed E-state index contributed by atoms with van der Waals surface area (Å²) in [6, 6.07) is 0. The van der Waals surface area contributed by atoms with Crippen molar-refractivity contribution >= 4 is 12.4 Å². The van der Waals surface area contributed by atoms with Crippen LogP contribution < -0.4 is 0 Å². The fraction of sp³-hybridized carbons (Fsp3) is 0.500. The first-order valence-corrected chi connectivity index (χ1v) is 3.56. The van der Waals surface area contributed by atoms with Crippen LogP contribution >= 0.6 is 0 Å². The van der Waals surface area contributed by atoms with Crippen molar-refractivity contribution in [2.45, 2.75) is 13.3 Å². The lowest BCUT2D eigenvalue weighted by atomic mass is 10.4. The van der Waals surface area contributed by atoms with Crippen LogP contribution in [0.3, 0.4) is 0 Å². The molecule has 0 radical (unpaired) electrons. The molecule has 0 aromatic rings. The van der Waals surface area contributed by atoms with Gasteiger partial charge in [0.05, 0.1) is 13.2 Å². The topological polar surface area (TPSA) is 52.6 Å². The SMILES string of the molecule is C=C(C)C(=O)OCCCOC=O. The van der Waals surface area contributed by atoms with Gasteiger partial charge >= 0.3 is 5.97 Å². The van der Waals surface area contributed by atoms with E-state index < -0.39 is 5.97 Å². The molecule has 0 saturated heterocycles. The summed E-state index contributed by atoms with van der Waals surface area (Å²) in [6.45, 7) is 5.86. The summed E-state index contributed by atoms with van der Waals surface area (Å²) in [4.78, 5) is 20.4. The zero-order chi connectivity index (χ0) is 9.40. The summed E-state index contributed by atoms with van der Waals surface area (Å²) >= 11 is 0. The van der Waals surface area contributed by atoms with Crippen molar-refractivity contribution in [3.05, 3.63) is 12.2 Å². The zero-order valence-corrected chi connectivity index (χ0v) is 7.04. The second-order valence-electron chi connectivity index (χ2n) is 2.24. The van der Waals surface area contributed by atoms with Gasteiger partial charge in [-0.2, -0.15) is 0 Å². The van der Waals surface area contributed by atoms with Gasteiger partial charge in [-0.15, -0.1) is 0 Å². The Bertz CT molecular complexity index is 174. The van der Waals surface area contributed by atoms with Crippen molar-refractivity contribution in [1.29, 1.82) is 0 Å². The lowest BCUT2D eigenvalue weighted by Gasteiger charge is -2.02. The monoisotopic (exact) mass is 172 g/mol. The van der Waals surface area contributed by atoms with Crippen LogP contribution in [-0.2, 0) is 19.1 Å². The third kappa shape index (κ3) is 5.46. The highest BCUT2D eigenvalue weighted by Gasteiger charge is 2.01. The predicted octanol–water partition coefficient (Wildman–Crippen LogP) is 0.669. The minimum atomic E-state index is -0.416. The molecular formula is C8H12O4. The highest BCUT2D eigenvalue weighted by Crippen LogP contribution is 1.93. The molecule has 0 rings (SSSR count). The quantitative estimate of drug-likeness (QED) is 0.256. The Hall–Kier alpha value is -1.32. The maximum absolute atomic E-state index is 10.7. The molecule has 12 heavy (non-hydrogen) atoms. The minimum absolute atomic E-state index is 0.250. The minimum Gasteiger partial charge on any atom is -0.468 e. The molecule has 0 N–H and O–H groups in total. The summed E-state index contributed by atoms with van der Waals surface area (Å²) in [5, 5.41) is 0. The normalized spacial score (nSPS) is 8.75. The zero-order valence-electron chi connectivity index (χ0n) is 7.04. The van der Waals surface area contributed by atoms with E-state index >= 15 is 0 Å². The van der Waals surface area contributed by atoms with E-state index in [4.69, 9.17) is 4.74 Å². The number of rotatable bonds is 6. The number of hydrogen-bond acceptors (Lipinski definition) is 4. The van der Waals surface area contributed by atoms with Crippen molar-refractivity contribution in [3.63, 3.8) is 0 Å². The Kier molecular flexibility index (Phi) is 5.69. The standard InChI is InChI=1S/C8H12O4/c1-7(2)8(10)12-5-3-4-11-6-9/h6H,1,3-5H2,2H3. The van der Waals surface area contributed by atoms with E-state index in [0.29, 0.717) is 18.5 Å². The second kappa shape index (κ2) is 6.39. The van der Waals surface area contributed by atoms with Crippen LogP contribution in [0.15, 0.2) is 12.2 Å². The van der Waals surface area contributed by atoms with E-state index in [9.17, 15) is 9.59 Å². The Labute approximate surface area is 71.2 Å². The highest BCUT2D eigenvalue weighted by atomic mass is 16.5. The van der Waals surface area contributed by atoms with E-state index in [1.807, 2.05) is 0 Å². The van der Waals surface area contributed by atoms with Crippen LogP contribution in [0.1, 0.15) is 13.3 Å². The Morgan fingerprint density at radius 1 is 1.50 bits per heavy atom. The summed E-state index contributed by atoms with van der Waals surface area (Å²) in [7, 11) is 0. The van der Waals surface area contributed by atoms with Crippen molar-refractivity contribution in [1.82, 2.24) is 0 Å². The van der Waals surface area contributed by atoms with E-state index in [1.54, 1.807) is 6.92 Å². The van der Waals surface area contributed by atoms with Crippen molar-refractivity contribution in [3.8, 4) is 0 Å². The fourth-order valence-corrected chi connectivity index (χ4v) is 0.478. The second-order valence-corrected chi connectivity index (χ2v) is 2.24. The van der Waals surface area contributed by atoms with Crippen LogP contribution in [0.2, 0.25) is 0 Å². The average molecular weight is 172 g/mol. The van der Waals surface area contributed by atoms with Gasteiger partial charge in [0.25, 0.3) is 6.47 Å². The molecule has 0 heterocycles. The maximum Gasteiger partial charge on any atom is 0.333 e. The van der Waals surface area contributed by atoms with Gasteiger partial charge in [0, 0.05) is 12.0 Å². The molecule has 0 atom stereocenters. The molecule has 0 saturated carbocycles. The molecule has 0 aliphatic heterocycles. The summed E-state index contributed by atoms with van der Waals surface area (Å²) in [6.07, 6.45) is 0.512. The number of ether oxygens (including phenoxy) is 2. The number of carbonyl (C=O) groups is 2. The molecule has 4 heteroatoms. The summed E-state index contributed by atoms with van der Waals surface area (Å²) in [5.74, 6) is -0.416. The molecule has 0 aromatic heterocycles. The molecular weight excluding hydrogens is 160 g/mol. The molecule has 0 aliphatic rings. The summed E-state index contributed by atoms with van der Waals surface area (Å²) in [5.41, 5.74) is 0.367. The van der Waals surface area contributed by atoms with Crippen LogP contribution in [0.5, 0.6) is 0 Å². The van der Waals surface area contributed by atoms with E-state index in [2.05, 4.69) is 11.3 Å². The molecule has 0 bridgehead atoms. The van der Waals surface area contributed by atoms with E-state index in [-0.39, 0.29) is 13.2 Å². The predicted molar refractivity (Wildman–Crippen MR) is 42.4 cm³/mol. The number of esters is 1. The van der Waals surface area contributed by atoms with Gasteiger partial charge in [-0.25, -0.2) is 4.79 Å². The van der Waals surface area contributed by atoms with Gasteiger partial charge < -0.3 is 9.47 Å². The van der Waals surface area contributed by atoms with Gasteiger partial charge in [0.15, 0.2) is 0 Å². The molecule has 68 valence electrons. The van der Waals surface area contributed by atoms with Gasteiger partial charge in [0.1, 0.15) is 0 Å². The first kappa shape index (κ1) is 10.7. The van der Waals surface area contributed by atoms with E-state index in [0.717, 1.165) is 0 Å². The third-order valence-electron chi connectivity index (χ3n) is 1.06. The highest BCUT2D eigenvalue weighted by molar-refractivity contribution is 5.86. The molecule has 0 spiro atoms. The lowest BCUT2D eigenvalue weighted by molar-refractivity contribution is -0.139. The molecule has 0 aliphatic carbocycles. The van der Waals surface area contributed by atoms with Crippen molar-refractivity contribution in [2.75, 3.05) is 13.2 Å². The number of carbonyl (C=O) groups excluding carboxylic acids is 2.